The third kappa shape index (κ3) is 3.55. The maximum atomic E-state index is 14.3. The summed E-state index contributed by atoms with van der Waals surface area (Å²) >= 11 is 0. The smallest absolute Gasteiger partial charge is 0.341 e. The lowest BCUT2D eigenvalue weighted by molar-refractivity contribution is -0.139. The average molecular weight is 346 g/mol. The number of nitrogens with zero attached hydrogens (tertiary/aromatic N) is 2. The summed E-state index contributed by atoms with van der Waals surface area (Å²) in [7, 11) is 0. The second-order valence-corrected chi connectivity index (χ2v) is 5.07. The van der Waals surface area contributed by atoms with E-state index >= 15 is 0 Å². The van der Waals surface area contributed by atoms with Crippen molar-refractivity contribution in [2.45, 2.75) is 0 Å². The molecule has 0 saturated heterocycles. The molecular formula is C16H12F2N4O3. The van der Waals surface area contributed by atoms with Crippen molar-refractivity contribution in [3.63, 3.8) is 0 Å². The van der Waals surface area contributed by atoms with Crippen LogP contribution in [0.3, 0.4) is 0 Å². The Kier molecular flexibility index (Phi) is 4.29. The Morgan fingerprint density at radius 2 is 2.04 bits per heavy atom. The van der Waals surface area contributed by atoms with Crippen LogP contribution in [0.4, 0.5) is 26.0 Å². The van der Waals surface area contributed by atoms with Crippen molar-refractivity contribution >= 4 is 34.1 Å². The summed E-state index contributed by atoms with van der Waals surface area (Å²) in [6.45, 7) is -0.659. The summed E-state index contributed by atoms with van der Waals surface area (Å²) in [5.41, 5.74) is 6.31. The van der Waals surface area contributed by atoms with Gasteiger partial charge < -0.3 is 20.9 Å². The van der Waals surface area contributed by atoms with Gasteiger partial charge in [0, 0.05) is 11.8 Å². The molecule has 0 aliphatic rings. The highest BCUT2D eigenvalue weighted by molar-refractivity contribution is 5.93. The van der Waals surface area contributed by atoms with Crippen molar-refractivity contribution in [2.75, 3.05) is 17.7 Å². The zero-order valence-corrected chi connectivity index (χ0v) is 12.7. The van der Waals surface area contributed by atoms with Gasteiger partial charge in [-0.1, -0.05) is 0 Å². The van der Waals surface area contributed by atoms with Gasteiger partial charge in [0.05, 0.1) is 16.6 Å². The van der Waals surface area contributed by atoms with Crippen LogP contribution in [0.5, 0.6) is 5.75 Å². The van der Waals surface area contributed by atoms with Crippen molar-refractivity contribution in [2.24, 2.45) is 0 Å². The fourth-order valence-electron chi connectivity index (χ4n) is 2.24. The monoisotopic (exact) mass is 346 g/mol. The van der Waals surface area contributed by atoms with Gasteiger partial charge in [0.25, 0.3) is 0 Å². The van der Waals surface area contributed by atoms with Crippen molar-refractivity contribution in [1.82, 2.24) is 9.97 Å². The molecule has 25 heavy (non-hydrogen) atoms. The first-order valence-electron chi connectivity index (χ1n) is 7.05. The summed E-state index contributed by atoms with van der Waals surface area (Å²) in [5, 5.41) is 11.6. The zero-order valence-electron chi connectivity index (χ0n) is 12.7. The normalized spacial score (nSPS) is 10.6. The van der Waals surface area contributed by atoms with Crippen LogP contribution >= 0.6 is 0 Å². The number of nitrogens with one attached hydrogen (secondary N) is 1. The van der Waals surface area contributed by atoms with E-state index in [2.05, 4.69) is 15.3 Å². The number of aromatic nitrogens is 2. The Morgan fingerprint density at radius 1 is 1.24 bits per heavy atom. The Labute approximate surface area is 140 Å². The van der Waals surface area contributed by atoms with Gasteiger partial charge >= 0.3 is 5.97 Å². The average Bonchev–Trinajstić information content (AvgIpc) is 2.54. The molecule has 1 heterocycles. The van der Waals surface area contributed by atoms with Gasteiger partial charge in [-0.25, -0.2) is 23.5 Å². The number of nitrogens with two attached hydrogens (primary N) is 1. The van der Waals surface area contributed by atoms with E-state index in [0.29, 0.717) is 0 Å². The summed E-state index contributed by atoms with van der Waals surface area (Å²) in [4.78, 5) is 18.6. The van der Waals surface area contributed by atoms with E-state index in [1.165, 1.54) is 18.5 Å². The van der Waals surface area contributed by atoms with Crippen LogP contribution in [0.1, 0.15) is 0 Å². The topological polar surface area (TPSA) is 110 Å². The first kappa shape index (κ1) is 16.4. The van der Waals surface area contributed by atoms with Crippen LogP contribution in [0.2, 0.25) is 0 Å². The SMILES string of the molecule is Nc1cc(F)c2c(Nc3ccc(F)cc3OCC(=O)O)ncnc2c1. The number of benzene rings is 2. The molecule has 7 nitrogen and oxygen atoms in total. The molecule has 0 amide bonds. The number of nitrogen functional groups attached to an aromatic ring is 1. The quantitative estimate of drug-likeness (QED) is 0.609. The van der Waals surface area contributed by atoms with Gasteiger partial charge in [-0.05, 0) is 24.3 Å². The molecule has 3 aromatic rings. The van der Waals surface area contributed by atoms with Crippen molar-refractivity contribution < 1.29 is 23.4 Å². The van der Waals surface area contributed by atoms with E-state index in [0.717, 1.165) is 18.2 Å². The number of rotatable bonds is 5. The van der Waals surface area contributed by atoms with Gasteiger partial charge in [0.2, 0.25) is 0 Å². The van der Waals surface area contributed by atoms with Crippen LogP contribution < -0.4 is 15.8 Å². The maximum absolute atomic E-state index is 14.3. The molecule has 0 aliphatic heterocycles. The molecule has 3 rings (SSSR count). The molecular weight excluding hydrogens is 334 g/mol. The standard InChI is InChI=1S/C16H12F2N4O3/c17-8-1-2-11(13(3-8)25-6-14(23)24)22-16-15-10(18)4-9(19)5-12(15)20-7-21-16/h1-5,7H,6,19H2,(H,23,24)(H,20,21,22). The predicted molar refractivity (Wildman–Crippen MR) is 86.7 cm³/mol. The zero-order chi connectivity index (χ0) is 18.0. The maximum Gasteiger partial charge on any atom is 0.341 e. The first-order valence-corrected chi connectivity index (χ1v) is 7.05. The number of ether oxygens (including phenoxy) is 1. The van der Waals surface area contributed by atoms with Crippen LogP contribution in [0, 0.1) is 11.6 Å². The van der Waals surface area contributed by atoms with Crippen molar-refractivity contribution in [1.29, 1.82) is 0 Å². The number of halogens is 2. The van der Waals surface area contributed by atoms with E-state index in [4.69, 9.17) is 15.6 Å². The molecule has 128 valence electrons. The van der Waals surface area contributed by atoms with E-state index in [1.807, 2.05) is 0 Å². The number of hydrogen-bond donors (Lipinski definition) is 3. The third-order valence-electron chi connectivity index (χ3n) is 3.26. The fourth-order valence-corrected chi connectivity index (χ4v) is 2.24. The fraction of sp³-hybridized carbons (Fsp3) is 0.0625. The molecule has 0 atom stereocenters. The molecule has 0 aliphatic carbocycles. The second kappa shape index (κ2) is 6.56. The molecule has 1 aromatic heterocycles. The molecule has 0 bridgehead atoms. The molecule has 0 saturated carbocycles. The Hall–Kier alpha value is -3.49. The van der Waals surface area contributed by atoms with Crippen LogP contribution in [-0.2, 0) is 4.79 Å². The molecule has 0 spiro atoms. The molecule has 2 aromatic carbocycles. The molecule has 9 heteroatoms. The highest BCUT2D eigenvalue weighted by Gasteiger charge is 2.14. The predicted octanol–water partition coefficient (Wildman–Crippen LogP) is 2.70. The van der Waals surface area contributed by atoms with Gasteiger partial charge in [0.1, 0.15) is 29.5 Å². The Morgan fingerprint density at radius 3 is 2.80 bits per heavy atom. The summed E-state index contributed by atoms with van der Waals surface area (Å²) in [6, 6.07) is 6.10. The minimum atomic E-state index is -1.22. The number of aliphatic carboxylic acids is 1. The van der Waals surface area contributed by atoms with E-state index in [9.17, 15) is 13.6 Å². The minimum Gasteiger partial charge on any atom is -0.480 e. The number of fused-ring (bicyclic) bond motifs is 1. The minimum absolute atomic E-state index is 0.0509. The molecule has 0 unspecified atom stereocenters. The number of carbonyl (C=O) groups is 1. The van der Waals surface area contributed by atoms with E-state index in [1.54, 1.807) is 0 Å². The molecule has 0 fully saturated rings. The highest BCUT2D eigenvalue weighted by atomic mass is 19.1. The van der Waals surface area contributed by atoms with Crippen LogP contribution in [0.15, 0.2) is 36.7 Å². The second-order valence-electron chi connectivity index (χ2n) is 5.07. The summed E-state index contributed by atoms with van der Waals surface area (Å²) in [6.07, 6.45) is 1.21. The number of carboxylic acids is 1. The van der Waals surface area contributed by atoms with E-state index < -0.39 is 24.2 Å². The van der Waals surface area contributed by atoms with Gasteiger partial charge in [-0.3, -0.25) is 0 Å². The highest BCUT2D eigenvalue weighted by Crippen LogP contribution is 2.32. The summed E-state index contributed by atoms with van der Waals surface area (Å²) in [5.74, 6) is -2.41. The third-order valence-corrected chi connectivity index (χ3v) is 3.26. The lowest BCUT2D eigenvalue weighted by atomic mass is 10.2. The summed E-state index contributed by atoms with van der Waals surface area (Å²) < 4.78 is 32.7. The first-order chi connectivity index (χ1) is 11.9. The van der Waals surface area contributed by atoms with Crippen LogP contribution in [-0.4, -0.2) is 27.7 Å². The number of carboxylic acid groups (broad SMARTS) is 1. The largest absolute Gasteiger partial charge is 0.480 e. The van der Waals surface area contributed by atoms with Crippen molar-refractivity contribution in [3.05, 3.63) is 48.3 Å². The number of hydrogen-bond acceptors (Lipinski definition) is 6. The Balaban J connectivity index is 2.03. The van der Waals surface area contributed by atoms with Gasteiger partial charge in [0.15, 0.2) is 6.61 Å². The number of anilines is 3. The molecule has 4 N–H and O–H groups in total. The lowest BCUT2D eigenvalue weighted by Crippen LogP contribution is -2.11. The van der Waals surface area contributed by atoms with Gasteiger partial charge in [-0.15, -0.1) is 0 Å². The van der Waals surface area contributed by atoms with Crippen molar-refractivity contribution in [3.8, 4) is 5.75 Å². The molecule has 0 radical (unpaired) electrons. The van der Waals surface area contributed by atoms with Gasteiger partial charge in [-0.2, -0.15) is 0 Å². The lowest BCUT2D eigenvalue weighted by Gasteiger charge is -2.13. The Bertz CT molecular complexity index is 966. The van der Waals surface area contributed by atoms with E-state index in [-0.39, 0.29) is 33.8 Å². The van der Waals surface area contributed by atoms with Crippen LogP contribution in [0.25, 0.3) is 10.9 Å².